The Labute approximate surface area is 142 Å². The number of carboxylic acid groups (broad SMARTS) is 1. The van der Waals surface area contributed by atoms with Crippen molar-refractivity contribution in [2.75, 3.05) is 25.5 Å². The Balaban J connectivity index is 2.07. The Morgan fingerprint density at radius 1 is 1.33 bits per heavy atom. The summed E-state index contributed by atoms with van der Waals surface area (Å²) in [5.41, 5.74) is 9.09. The lowest BCUT2D eigenvalue weighted by Crippen LogP contribution is -2.30. The number of carbonyl (C=O) groups excluding carboxylic acids is 1. The molecule has 1 amide bonds. The molecule has 0 radical (unpaired) electrons. The summed E-state index contributed by atoms with van der Waals surface area (Å²) < 4.78 is 0. The number of allylic oxidation sites excluding steroid dienone is 1. The van der Waals surface area contributed by atoms with Crippen LogP contribution in [0.25, 0.3) is 5.70 Å². The lowest BCUT2D eigenvalue weighted by molar-refractivity contribution is -0.138. The highest BCUT2D eigenvalue weighted by Gasteiger charge is 2.31. The van der Waals surface area contributed by atoms with Crippen LogP contribution in [-0.4, -0.2) is 48.6 Å². The second kappa shape index (κ2) is 7.49. The van der Waals surface area contributed by atoms with Crippen LogP contribution in [0.2, 0.25) is 0 Å². The molecule has 0 spiro atoms. The van der Waals surface area contributed by atoms with E-state index in [9.17, 15) is 9.59 Å². The van der Waals surface area contributed by atoms with Crippen LogP contribution in [0.15, 0.2) is 24.3 Å². The van der Waals surface area contributed by atoms with Gasteiger partial charge < -0.3 is 20.6 Å². The molecular formula is C18H25N3O3. The second-order valence-electron chi connectivity index (χ2n) is 6.20. The van der Waals surface area contributed by atoms with E-state index in [-0.39, 0.29) is 5.91 Å². The summed E-state index contributed by atoms with van der Waals surface area (Å²) in [5, 5.41) is 8.80. The van der Waals surface area contributed by atoms with Gasteiger partial charge in [-0.1, -0.05) is 12.1 Å². The molecule has 0 aliphatic carbocycles. The van der Waals surface area contributed by atoms with E-state index in [0.717, 1.165) is 28.9 Å². The number of aliphatic carboxylic acids is 1. The first-order chi connectivity index (χ1) is 11.4. The Morgan fingerprint density at radius 3 is 2.62 bits per heavy atom. The quantitative estimate of drug-likeness (QED) is 0.748. The van der Waals surface area contributed by atoms with Gasteiger partial charge in [-0.2, -0.15) is 0 Å². The molecule has 1 aromatic rings. The van der Waals surface area contributed by atoms with Crippen LogP contribution < -0.4 is 10.6 Å². The molecule has 0 fully saturated rings. The van der Waals surface area contributed by atoms with Gasteiger partial charge in [0.25, 0.3) is 5.91 Å². The number of fused-ring (bicyclic) bond motifs is 1. The van der Waals surface area contributed by atoms with E-state index in [2.05, 4.69) is 0 Å². The van der Waals surface area contributed by atoms with E-state index in [1.807, 2.05) is 50.2 Å². The fourth-order valence-electron chi connectivity index (χ4n) is 2.90. The molecule has 1 atom stereocenters. The molecule has 1 aromatic carbocycles. The third kappa shape index (κ3) is 3.59. The lowest BCUT2D eigenvalue weighted by Gasteiger charge is -2.18. The maximum Gasteiger partial charge on any atom is 0.320 e. The molecule has 3 N–H and O–H groups in total. The first kappa shape index (κ1) is 18.0. The van der Waals surface area contributed by atoms with Gasteiger partial charge in [0.1, 0.15) is 6.04 Å². The minimum Gasteiger partial charge on any atom is -0.480 e. The first-order valence-corrected chi connectivity index (χ1v) is 8.15. The van der Waals surface area contributed by atoms with E-state index in [4.69, 9.17) is 10.8 Å². The lowest BCUT2D eigenvalue weighted by atomic mass is 10.1. The number of anilines is 1. The number of nitrogens with zero attached hydrogens (tertiary/aromatic N) is 2. The molecule has 1 aliphatic rings. The van der Waals surface area contributed by atoms with E-state index < -0.39 is 12.0 Å². The predicted molar refractivity (Wildman–Crippen MR) is 94.9 cm³/mol. The summed E-state index contributed by atoms with van der Waals surface area (Å²) in [7, 11) is 3.89. The number of benzene rings is 1. The zero-order chi connectivity index (χ0) is 17.9. The van der Waals surface area contributed by atoms with E-state index in [1.54, 1.807) is 4.90 Å². The molecule has 0 bridgehead atoms. The summed E-state index contributed by atoms with van der Waals surface area (Å²) in [4.78, 5) is 27.2. The van der Waals surface area contributed by atoms with Gasteiger partial charge in [-0.15, -0.1) is 0 Å². The molecule has 6 nitrogen and oxygen atoms in total. The van der Waals surface area contributed by atoms with E-state index >= 15 is 0 Å². The fourth-order valence-corrected chi connectivity index (χ4v) is 2.90. The molecule has 24 heavy (non-hydrogen) atoms. The number of carboxylic acids is 1. The standard InChI is InChI=1S/C18H25N3O3/c1-4-16-13-9-8-12(20(2)3)11-14(13)17(22)21(16)10-6-5-7-15(19)18(23)24/h4,8-9,11,15H,5-7,10,19H2,1-3H3,(H,23,24)/b16-4-/t15-/m0/s1. The van der Waals surface area contributed by atoms with Gasteiger partial charge >= 0.3 is 5.97 Å². The summed E-state index contributed by atoms with van der Waals surface area (Å²) in [5.74, 6) is -0.977. The summed E-state index contributed by atoms with van der Waals surface area (Å²) in [6.45, 7) is 2.49. The molecule has 0 saturated carbocycles. The van der Waals surface area contributed by atoms with Crippen molar-refractivity contribution >= 4 is 23.3 Å². The van der Waals surface area contributed by atoms with E-state index in [0.29, 0.717) is 19.4 Å². The van der Waals surface area contributed by atoms with Gasteiger partial charge in [-0.25, -0.2) is 0 Å². The number of hydrogen-bond acceptors (Lipinski definition) is 4. The number of hydrogen-bond donors (Lipinski definition) is 2. The molecule has 1 heterocycles. The molecular weight excluding hydrogens is 306 g/mol. The van der Waals surface area contributed by atoms with Gasteiger partial charge in [0, 0.05) is 37.6 Å². The Hall–Kier alpha value is -2.34. The summed E-state index contributed by atoms with van der Waals surface area (Å²) in [6.07, 6.45) is 3.76. The van der Waals surface area contributed by atoms with Crippen molar-refractivity contribution in [3.63, 3.8) is 0 Å². The molecule has 2 rings (SSSR count). The SMILES string of the molecule is C/C=C1/c2ccc(N(C)C)cc2C(=O)N1CCCC[C@H](N)C(=O)O. The molecule has 0 unspecified atom stereocenters. The zero-order valence-corrected chi connectivity index (χ0v) is 14.5. The summed E-state index contributed by atoms with van der Waals surface area (Å²) in [6, 6.07) is 5.07. The Morgan fingerprint density at radius 2 is 2.04 bits per heavy atom. The van der Waals surface area contributed by atoms with Gasteiger partial charge in [0.2, 0.25) is 0 Å². The Kier molecular flexibility index (Phi) is 5.62. The monoisotopic (exact) mass is 331 g/mol. The minimum absolute atomic E-state index is 0.00401. The van der Waals surface area contributed by atoms with Gasteiger partial charge in [-0.05, 0) is 38.3 Å². The fraction of sp³-hybridized carbons (Fsp3) is 0.444. The molecule has 0 aromatic heterocycles. The van der Waals surface area contributed by atoms with Gasteiger partial charge in [-0.3, -0.25) is 9.59 Å². The van der Waals surface area contributed by atoms with Crippen LogP contribution in [0.3, 0.4) is 0 Å². The van der Waals surface area contributed by atoms with Crippen LogP contribution in [0.1, 0.15) is 42.1 Å². The Bertz CT molecular complexity index is 667. The van der Waals surface area contributed by atoms with Crippen molar-refractivity contribution in [1.29, 1.82) is 0 Å². The number of rotatable bonds is 7. The maximum absolute atomic E-state index is 12.7. The first-order valence-electron chi connectivity index (χ1n) is 8.15. The topological polar surface area (TPSA) is 86.9 Å². The molecule has 1 aliphatic heterocycles. The van der Waals surface area contributed by atoms with Crippen molar-refractivity contribution in [2.24, 2.45) is 5.73 Å². The van der Waals surface area contributed by atoms with Crippen LogP contribution in [-0.2, 0) is 4.79 Å². The molecule has 0 saturated heterocycles. The van der Waals surface area contributed by atoms with Crippen molar-refractivity contribution in [3.05, 3.63) is 35.4 Å². The predicted octanol–water partition coefficient (Wildman–Crippen LogP) is 2.15. The smallest absolute Gasteiger partial charge is 0.320 e. The molecule has 6 heteroatoms. The van der Waals surface area contributed by atoms with Crippen LogP contribution in [0, 0.1) is 0 Å². The third-order valence-electron chi connectivity index (χ3n) is 4.30. The van der Waals surface area contributed by atoms with Crippen molar-refractivity contribution in [2.45, 2.75) is 32.2 Å². The summed E-state index contributed by atoms with van der Waals surface area (Å²) >= 11 is 0. The number of amides is 1. The number of unbranched alkanes of at least 4 members (excludes halogenated alkanes) is 1. The van der Waals surface area contributed by atoms with Crippen molar-refractivity contribution in [1.82, 2.24) is 4.90 Å². The second-order valence-corrected chi connectivity index (χ2v) is 6.20. The van der Waals surface area contributed by atoms with Crippen LogP contribution >= 0.6 is 0 Å². The normalized spacial score (nSPS) is 16.4. The highest BCUT2D eigenvalue weighted by Crippen LogP contribution is 2.35. The highest BCUT2D eigenvalue weighted by atomic mass is 16.4. The largest absolute Gasteiger partial charge is 0.480 e. The van der Waals surface area contributed by atoms with Gasteiger partial charge in [0.05, 0.1) is 5.56 Å². The maximum atomic E-state index is 12.7. The van der Waals surface area contributed by atoms with E-state index in [1.165, 1.54) is 0 Å². The minimum atomic E-state index is -0.981. The van der Waals surface area contributed by atoms with Crippen molar-refractivity contribution in [3.8, 4) is 0 Å². The highest BCUT2D eigenvalue weighted by molar-refractivity contribution is 6.09. The van der Waals surface area contributed by atoms with Crippen molar-refractivity contribution < 1.29 is 14.7 Å². The third-order valence-corrected chi connectivity index (χ3v) is 4.30. The number of carbonyl (C=O) groups is 2. The van der Waals surface area contributed by atoms with Crippen LogP contribution in [0.4, 0.5) is 5.69 Å². The van der Waals surface area contributed by atoms with Crippen LogP contribution in [0.5, 0.6) is 0 Å². The van der Waals surface area contributed by atoms with Gasteiger partial charge in [0.15, 0.2) is 0 Å². The zero-order valence-electron chi connectivity index (χ0n) is 14.5. The average Bonchev–Trinajstić information content (AvgIpc) is 2.82. The molecule has 130 valence electrons. The average molecular weight is 331 g/mol. The number of nitrogens with two attached hydrogens (primary N) is 1.